The van der Waals surface area contributed by atoms with E-state index in [0.717, 1.165) is 5.92 Å². The van der Waals surface area contributed by atoms with Gasteiger partial charge in [0, 0.05) is 5.54 Å². The van der Waals surface area contributed by atoms with Gasteiger partial charge in [-0.05, 0) is 18.8 Å². The van der Waals surface area contributed by atoms with Crippen LogP contribution in [0, 0.1) is 5.92 Å². The molecule has 0 aromatic heterocycles. The normalized spacial score (nSPS) is 21.9. The quantitative estimate of drug-likeness (QED) is 0.552. The third-order valence-electron chi connectivity index (χ3n) is 2.22. The summed E-state index contributed by atoms with van der Waals surface area (Å²) < 4.78 is 0. The molecule has 0 heterocycles. The van der Waals surface area contributed by atoms with E-state index in [1.54, 1.807) is 5.54 Å². The maximum Gasteiger partial charge on any atom is 0.00423 e. The standard InChI is InChI=1S/C10H15Cl/c11-9-5-4-8-10-6-2-1-3-7-10/h4-5,8-10H,1-3,6-7H2/b8-4+,9-5+. The predicted molar refractivity (Wildman–Crippen MR) is 50.7 cm³/mol. The summed E-state index contributed by atoms with van der Waals surface area (Å²) in [6, 6.07) is 0. The first-order chi connectivity index (χ1) is 5.43. The molecule has 0 bridgehead atoms. The third-order valence-corrected chi connectivity index (χ3v) is 2.36. The first kappa shape index (κ1) is 8.86. The minimum absolute atomic E-state index is 0.816. The molecular weight excluding hydrogens is 156 g/mol. The summed E-state index contributed by atoms with van der Waals surface area (Å²) in [4.78, 5) is 0. The minimum atomic E-state index is 0.816. The maximum absolute atomic E-state index is 5.39. The average Bonchev–Trinajstić information content (AvgIpc) is 2.07. The van der Waals surface area contributed by atoms with E-state index in [0.29, 0.717) is 0 Å². The van der Waals surface area contributed by atoms with E-state index in [1.165, 1.54) is 32.1 Å². The lowest BCUT2D eigenvalue weighted by molar-refractivity contribution is 0.419. The molecular formula is C10H15Cl. The van der Waals surface area contributed by atoms with Gasteiger partial charge in [0.25, 0.3) is 0 Å². The van der Waals surface area contributed by atoms with Gasteiger partial charge in [-0.1, -0.05) is 49.1 Å². The van der Waals surface area contributed by atoms with Crippen molar-refractivity contribution < 1.29 is 0 Å². The van der Waals surface area contributed by atoms with Crippen molar-refractivity contribution in [1.29, 1.82) is 0 Å². The molecule has 0 amide bonds. The monoisotopic (exact) mass is 170 g/mol. The predicted octanol–water partition coefficient (Wildman–Crippen LogP) is 3.88. The van der Waals surface area contributed by atoms with Crippen LogP contribution in [-0.4, -0.2) is 0 Å². The molecule has 1 aliphatic rings. The van der Waals surface area contributed by atoms with Crippen molar-refractivity contribution in [3.8, 4) is 0 Å². The van der Waals surface area contributed by atoms with Crippen LogP contribution in [0.1, 0.15) is 32.1 Å². The molecule has 1 rings (SSSR count). The van der Waals surface area contributed by atoms with Gasteiger partial charge >= 0.3 is 0 Å². The molecule has 0 aliphatic heterocycles. The second kappa shape index (κ2) is 5.42. The summed E-state index contributed by atoms with van der Waals surface area (Å²) >= 11 is 5.39. The number of rotatable bonds is 2. The number of halogens is 1. The molecule has 0 spiro atoms. The summed E-state index contributed by atoms with van der Waals surface area (Å²) in [5, 5.41) is 0. The summed E-state index contributed by atoms with van der Waals surface area (Å²) in [7, 11) is 0. The van der Waals surface area contributed by atoms with E-state index in [2.05, 4.69) is 12.2 Å². The van der Waals surface area contributed by atoms with Crippen LogP contribution in [0.3, 0.4) is 0 Å². The van der Waals surface area contributed by atoms with Crippen molar-refractivity contribution in [1.82, 2.24) is 0 Å². The molecule has 1 heteroatoms. The topological polar surface area (TPSA) is 0 Å². The lowest BCUT2D eigenvalue weighted by Crippen LogP contribution is -2.02. The third kappa shape index (κ3) is 3.62. The molecule has 0 aromatic rings. The van der Waals surface area contributed by atoms with Crippen molar-refractivity contribution >= 4 is 11.6 Å². The van der Waals surface area contributed by atoms with Crippen LogP contribution >= 0.6 is 11.6 Å². The molecule has 0 nitrogen and oxygen atoms in total. The second-order valence-electron chi connectivity index (χ2n) is 3.10. The molecule has 1 saturated carbocycles. The molecule has 0 radical (unpaired) electrons. The Balaban J connectivity index is 2.23. The molecule has 0 unspecified atom stereocenters. The van der Waals surface area contributed by atoms with Crippen LogP contribution < -0.4 is 0 Å². The molecule has 0 N–H and O–H groups in total. The van der Waals surface area contributed by atoms with Crippen molar-refractivity contribution in [2.24, 2.45) is 5.92 Å². The summed E-state index contributed by atoms with van der Waals surface area (Å²) in [6.45, 7) is 0. The Bertz CT molecular complexity index is 141. The first-order valence-corrected chi connectivity index (χ1v) is 4.80. The van der Waals surface area contributed by atoms with E-state index < -0.39 is 0 Å². The summed E-state index contributed by atoms with van der Waals surface area (Å²) in [5.41, 5.74) is 1.55. The van der Waals surface area contributed by atoms with Crippen LogP contribution in [0.15, 0.2) is 23.8 Å². The van der Waals surface area contributed by atoms with E-state index in [4.69, 9.17) is 11.6 Å². The largest absolute Gasteiger partial charge is 0.0930 e. The van der Waals surface area contributed by atoms with Gasteiger partial charge in [-0.15, -0.1) is 0 Å². The highest BCUT2D eigenvalue weighted by molar-refractivity contribution is 6.25. The van der Waals surface area contributed by atoms with Crippen LogP contribution in [0.5, 0.6) is 0 Å². The second-order valence-corrected chi connectivity index (χ2v) is 3.35. The van der Waals surface area contributed by atoms with Crippen LogP contribution in [-0.2, 0) is 0 Å². The highest BCUT2D eigenvalue weighted by atomic mass is 35.5. The lowest BCUT2D eigenvalue weighted by Gasteiger charge is -2.17. The molecule has 0 saturated heterocycles. The van der Waals surface area contributed by atoms with Gasteiger partial charge in [-0.2, -0.15) is 0 Å². The number of hydrogen-bond donors (Lipinski definition) is 0. The van der Waals surface area contributed by atoms with Crippen LogP contribution in [0.25, 0.3) is 0 Å². The van der Waals surface area contributed by atoms with Crippen molar-refractivity contribution in [2.75, 3.05) is 0 Å². The van der Waals surface area contributed by atoms with Gasteiger partial charge in [-0.3, -0.25) is 0 Å². The average molecular weight is 171 g/mol. The molecule has 62 valence electrons. The zero-order valence-corrected chi connectivity index (χ0v) is 7.56. The van der Waals surface area contributed by atoms with Gasteiger partial charge in [0.15, 0.2) is 0 Å². The Morgan fingerprint density at radius 2 is 1.73 bits per heavy atom. The Morgan fingerprint density at radius 1 is 1.00 bits per heavy atom. The van der Waals surface area contributed by atoms with E-state index in [-0.39, 0.29) is 0 Å². The fourth-order valence-corrected chi connectivity index (χ4v) is 1.67. The highest BCUT2D eigenvalue weighted by Crippen LogP contribution is 2.24. The molecule has 1 fully saturated rings. The van der Waals surface area contributed by atoms with Gasteiger partial charge in [0.05, 0.1) is 0 Å². The first-order valence-electron chi connectivity index (χ1n) is 4.37. The fourth-order valence-electron chi connectivity index (χ4n) is 1.59. The zero-order valence-electron chi connectivity index (χ0n) is 6.80. The van der Waals surface area contributed by atoms with Gasteiger partial charge in [-0.25, -0.2) is 0 Å². The smallest absolute Gasteiger partial charge is 0.00423 e. The minimum Gasteiger partial charge on any atom is -0.0930 e. The Hall–Kier alpha value is -0.230. The molecule has 0 aromatic carbocycles. The molecule has 11 heavy (non-hydrogen) atoms. The van der Waals surface area contributed by atoms with Gasteiger partial charge in [0.1, 0.15) is 0 Å². The highest BCUT2D eigenvalue weighted by Gasteiger charge is 2.08. The molecule has 1 aliphatic carbocycles. The van der Waals surface area contributed by atoms with Crippen molar-refractivity contribution in [3.63, 3.8) is 0 Å². The van der Waals surface area contributed by atoms with E-state index in [9.17, 15) is 0 Å². The van der Waals surface area contributed by atoms with E-state index >= 15 is 0 Å². The fraction of sp³-hybridized carbons (Fsp3) is 0.600. The van der Waals surface area contributed by atoms with Crippen LogP contribution in [0.4, 0.5) is 0 Å². The Kier molecular flexibility index (Phi) is 4.37. The van der Waals surface area contributed by atoms with Crippen LogP contribution in [0.2, 0.25) is 0 Å². The Morgan fingerprint density at radius 3 is 2.36 bits per heavy atom. The lowest BCUT2D eigenvalue weighted by atomic mass is 9.89. The maximum atomic E-state index is 5.39. The van der Waals surface area contributed by atoms with Crippen molar-refractivity contribution in [2.45, 2.75) is 32.1 Å². The van der Waals surface area contributed by atoms with Crippen molar-refractivity contribution in [3.05, 3.63) is 23.8 Å². The number of allylic oxidation sites excluding steroid dienone is 3. The summed E-state index contributed by atoms with van der Waals surface area (Å²) in [6.07, 6.45) is 13.2. The molecule has 0 atom stereocenters. The van der Waals surface area contributed by atoms with Gasteiger partial charge in [0.2, 0.25) is 0 Å². The number of hydrogen-bond acceptors (Lipinski definition) is 0. The van der Waals surface area contributed by atoms with Gasteiger partial charge < -0.3 is 0 Å². The Labute approximate surface area is 73.9 Å². The summed E-state index contributed by atoms with van der Waals surface area (Å²) in [5.74, 6) is 0.816. The zero-order chi connectivity index (χ0) is 7.94. The SMILES string of the molecule is Cl/C=C/C=C/C1CCCCC1. The van der Waals surface area contributed by atoms with E-state index in [1.807, 2.05) is 6.08 Å².